The number of aromatic nitrogens is 3. The summed E-state index contributed by atoms with van der Waals surface area (Å²) in [5.41, 5.74) is 2.40. The number of hydrogen-bond acceptors (Lipinski definition) is 5. The zero-order valence-corrected chi connectivity index (χ0v) is 16.7. The van der Waals surface area contributed by atoms with E-state index in [4.69, 9.17) is 4.74 Å². The number of hydrogen-bond donors (Lipinski definition) is 1. The Labute approximate surface area is 164 Å². The van der Waals surface area contributed by atoms with E-state index in [0.717, 1.165) is 17.9 Å². The average Bonchev–Trinajstić information content (AvgIpc) is 3.16. The molecule has 6 nitrogen and oxygen atoms in total. The monoisotopic (exact) mass is 386 g/mol. The van der Waals surface area contributed by atoms with Crippen molar-refractivity contribution >= 4 is 17.7 Å². The van der Waals surface area contributed by atoms with Gasteiger partial charge in [0.15, 0.2) is 5.16 Å². The maximum atomic E-state index is 12.4. The molecule has 144 valence electrons. The van der Waals surface area contributed by atoms with Crippen LogP contribution in [-0.4, -0.2) is 39.6 Å². The molecule has 0 fully saturated rings. The quantitative estimate of drug-likeness (QED) is 0.553. The van der Waals surface area contributed by atoms with E-state index in [1.807, 2.05) is 35.8 Å². The molecule has 0 radical (unpaired) electrons. The van der Waals surface area contributed by atoms with Crippen molar-refractivity contribution in [1.82, 2.24) is 20.1 Å². The number of thioether (sulfide) groups is 1. The molecular weight excluding hydrogens is 360 g/mol. The number of benzene rings is 1. The van der Waals surface area contributed by atoms with Crippen molar-refractivity contribution in [2.24, 2.45) is 0 Å². The second kappa shape index (κ2) is 9.60. The highest BCUT2D eigenvalue weighted by molar-refractivity contribution is 8.00. The third-order valence-corrected chi connectivity index (χ3v) is 5.71. The van der Waals surface area contributed by atoms with Gasteiger partial charge in [0, 0.05) is 12.2 Å². The Morgan fingerprint density at radius 3 is 2.85 bits per heavy atom. The molecule has 1 aliphatic rings. The smallest absolute Gasteiger partial charge is 0.233 e. The number of carbonyl (C=O) groups excluding carboxylic acids is 1. The van der Waals surface area contributed by atoms with Crippen LogP contribution in [0.5, 0.6) is 5.75 Å². The van der Waals surface area contributed by atoms with Crippen LogP contribution in [0.4, 0.5) is 0 Å². The number of nitrogens with one attached hydrogen (secondary N) is 1. The SMILES string of the molecule is COc1ccc(-n2cnnc2S[C@H](C)C(=O)NCCC2=CCCCC2)cc1. The van der Waals surface area contributed by atoms with Crippen LogP contribution in [0.3, 0.4) is 0 Å². The highest BCUT2D eigenvalue weighted by Crippen LogP contribution is 2.25. The Bertz CT molecular complexity index is 786. The van der Waals surface area contributed by atoms with Crippen molar-refractivity contribution in [3.63, 3.8) is 0 Å². The maximum Gasteiger partial charge on any atom is 0.233 e. The Balaban J connectivity index is 1.54. The van der Waals surface area contributed by atoms with E-state index in [1.165, 1.54) is 43.0 Å². The van der Waals surface area contributed by atoms with Crippen LogP contribution in [0.1, 0.15) is 39.0 Å². The van der Waals surface area contributed by atoms with Gasteiger partial charge in [0.05, 0.1) is 12.4 Å². The van der Waals surface area contributed by atoms with Crippen LogP contribution in [-0.2, 0) is 4.79 Å². The minimum absolute atomic E-state index is 0.0284. The number of nitrogens with zero attached hydrogens (tertiary/aromatic N) is 3. The predicted molar refractivity (Wildman–Crippen MR) is 107 cm³/mol. The van der Waals surface area contributed by atoms with Crippen LogP contribution in [0, 0.1) is 0 Å². The predicted octanol–water partition coefficient (Wildman–Crippen LogP) is 3.76. The van der Waals surface area contributed by atoms with Crippen molar-refractivity contribution < 1.29 is 9.53 Å². The van der Waals surface area contributed by atoms with E-state index >= 15 is 0 Å². The van der Waals surface area contributed by atoms with Crippen molar-refractivity contribution in [3.8, 4) is 11.4 Å². The van der Waals surface area contributed by atoms with Gasteiger partial charge in [-0.3, -0.25) is 9.36 Å². The van der Waals surface area contributed by atoms with Gasteiger partial charge >= 0.3 is 0 Å². The minimum Gasteiger partial charge on any atom is -0.497 e. The largest absolute Gasteiger partial charge is 0.497 e. The first-order chi connectivity index (χ1) is 13.2. The fourth-order valence-electron chi connectivity index (χ4n) is 3.06. The van der Waals surface area contributed by atoms with Gasteiger partial charge in [-0.25, -0.2) is 0 Å². The molecule has 1 aromatic carbocycles. The Kier molecular flexibility index (Phi) is 6.92. The van der Waals surface area contributed by atoms with E-state index < -0.39 is 0 Å². The highest BCUT2D eigenvalue weighted by Gasteiger charge is 2.18. The van der Waals surface area contributed by atoms with Gasteiger partial charge in [-0.1, -0.05) is 23.4 Å². The van der Waals surface area contributed by atoms with Crippen molar-refractivity contribution in [2.45, 2.75) is 49.4 Å². The van der Waals surface area contributed by atoms with E-state index in [0.29, 0.717) is 11.7 Å². The van der Waals surface area contributed by atoms with Gasteiger partial charge in [-0.15, -0.1) is 10.2 Å². The number of methoxy groups -OCH3 is 1. The molecule has 0 saturated heterocycles. The molecule has 0 aliphatic heterocycles. The van der Waals surface area contributed by atoms with Crippen molar-refractivity contribution in [1.29, 1.82) is 0 Å². The molecule has 1 aromatic heterocycles. The average molecular weight is 387 g/mol. The lowest BCUT2D eigenvalue weighted by Crippen LogP contribution is -2.32. The van der Waals surface area contributed by atoms with Crippen LogP contribution >= 0.6 is 11.8 Å². The first kappa shape index (κ1) is 19.5. The third kappa shape index (κ3) is 5.35. The zero-order valence-electron chi connectivity index (χ0n) is 15.9. The summed E-state index contributed by atoms with van der Waals surface area (Å²) < 4.78 is 7.07. The fourth-order valence-corrected chi connectivity index (χ4v) is 3.93. The van der Waals surface area contributed by atoms with Gasteiger partial charge < -0.3 is 10.1 Å². The first-order valence-corrected chi connectivity index (χ1v) is 10.2. The van der Waals surface area contributed by atoms with Gasteiger partial charge in [0.2, 0.25) is 5.91 Å². The van der Waals surface area contributed by atoms with Crippen LogP contribution in [0.15, 0.2) is 47.4 Å². The van der Waals surface area contributed by atoms with E-state index in [1.54, 1.807) is 13.4 Å². The van der Waals surface area contributed by atoms with Crippen LogP contribution in [0.25, 0.3) is 5.69 Å². The van der Waals surface area contributed by atoms with Gasteiger partial charge in [0.25, 0.3) is 0 Å². The molecule has 1 heterocycles. The van der Waals surface area contributed by atoms with E-state index in [-0.39, 0.29) is 11.2 Å². The number of amides is 1. The van der Waals surface area contributed by atoms with Crippen molar-refractivity contribution in [2.75, 3.05) is 13.7 Å². The molecule has 0 spiro atoms. The van der Waals surface area contributed by atoms with Gasteiger partial charge in [-0.2, -0.15) is 0 Å². The summed E-state index contributed by atoms with van der Waals surface area (Å²) >= 11 is 1.41. The topological polar surface area (TPSA) is 69.0 Å². The lowest BCUT2D eigenvalue weighted by molar-refractivity contribution is -0.120. The molecule has 1 N–H and O–H groups in total. The fraction of sp³-hybridized carbons (Fsp3) is 0.450. The van der Waals surface area contributed by atoms with E-state index in [2.05, 4.69) is 21.6 Å². The molecular formula is C20H26N4O2S. The van der Waals surface area contributed by atoms with Crippen molar-refractivity contribution in [3.05, 3.63) is 42.2 Å². The van der Waals surface area contributed by atoms with Gasteiger partial charge in [-0.05, 0) is 63.3 Å². The normalized spacial score (nSPS) is 15.1. The summed E-state index contributed by atoms with van der Waals surface area (Å²) in [6.45, 7) is 2.59. The molecule has 0 bridgehead atoms. The lowest BCUT2D eigenvalue weighted by atomic mass is 9.97. The summed E-state index contributed by atoms with van der Waals surface area (Å²) in [6, 6.07) is 7.66. The van der Waals surface area contributed by atoms with Gasteiger partial charge in [0.1, 0.15) is 12.1 Å². The molecule has 7 heteroatoms. The molecule has 0 unspecified atom stereocenters. The summed E-state index contributed by atoms with van der Waals surface area (Å²) in [7, 11) is 1.64. The summed E-state index contributed by atoms with van der Waals surface area (Å²) in [4.78, 5) is 12.4. The third-order valence-electron chi connectivity index (χ3n) is 4.65. The maximum absolute atomic E-state index is 12.4. The standard InChI is InChI=1S/C20H26N4O2S/c1-15(19(25)21-13-12-16-6-4-3-5-7-16)27-20-23-22-14-24(20)17-8-10-18(26-2)11-9-17/h6,8-11,14-15H,3-5,7,12-13H2,1-2H3,(H,21,25)/t15-/m1/s1. The molecule has 1 atom stereocenters. The Hall–Kier alpha value is -2.28. The van der Waals surface area contributed by atoms with Crippen LogP contribution < -0.4 is 10.1 Å². The molecule has 3 rings (SSSR count). The highest BCUT2D eigenvalue weighted by atomic mass is 32.2. The minimum atomic E-state index is -0.244. The lowest BCUT2D eigenvalue weighted by Gasteiger charge is -2.15. The number of ether oxygens (including phenoxy) is 1. The second-order valence-corrected chi connectivity index (χ2v) is 7.90. The Morgan fingerprint density at radius 1 is 1.33 bits per heavy atom. The Morgan fingerprint density at radius 2 is 2.15 bits per heavy atom. The second-order valence-electron chi connectivity index (χ2n) is 6.59. The van der Waals surface area contributed by atoms with Crippen LogP contribution in [0.2, 0.25) is 0 Å². The number of allylic oxidation sites excluding steroid dienone is 1. The summed E-state index contributed by atoms with van der Waals surface area (Å²) in [6.07, 6.45) is 9.84. The molecule has 2 aromatic rings. The summed E-state index contributed by atoms with van der Waals surface area (Å²) in [5.74, 6) is 0.822. The molecule has 27 heavy (non-hydrogen) atoms. The molecule has 0 saturated carbocycles. The summed E-state index contributed by atoms with van der Waals surface area (Å²) in [5, 5.41) is 11.7. The molecule has 1 amide bonds. The molecule has 1 aliphatic carbocycles. The van der Waals surface area contributed by atoms with E-state index in [9.17, 15) is 4.79 Å². The number of carbonyl (C=O) groups is 1. The zero-order chi connectivity index (χ0) is 19.1. The first-order valence-electron chi connectivity index (χ1n) is 9.34. The number of rotatable bonds is 8.